The van der Waals surface area contributed by atoms with Crippen LogP contribution in [0.2, 0.25) is 0 Å². The van der Waals surface area contributed by atoms with Crippen LogP contribution < -0.4 is 32.0 Å². The molecule has 0 saturated carbocycles. The van der Waals surface area contributed by atoms with Crippen LogP contribution in [0, 0.1) is 26.7 Å². The fourth-order valence-corrected chi connectivity index (χ4v) is 11.7. The summed E-state index contributed by atoms with van der Waals surface area (Å²) >= 11 is 2.35. The number of thiazole rings is 1. The van der Waals surface area contributed by atoms with E-state index in [9.17, 15) is 28.8 Å². The third-order valence-electron chi connectivity index (χ3n) is 13.5. The minimum Gasteiger partial charge on any atom is -0.494 e. The number of carboxylic acids is 1. The van der Waals surface area contributed by atoms with Gasteiger partial charge in [0.25, 0.3) is 5.91 Å². The van der Waals surface area contributed by atoms with Gasteiger partial charge in [-0.1, -0.05) is 19.1 Å². The average molecular weight is 1120 g/mol. The molecule has 2 atom stereocenters. The fourth-order valence-electron chi connectivity index (χ4n) is 9.65. The van der Waals surface area contributed by atoms with Crippen molar-refractivity contribution < 1.29 is 48.1 Å². The summed E-state index contributed by atoms with van der Waals surface area (Å²) in [5.74, 6) is -1.25. The minimum absolute atomic E-state index is 0.00528. The maximum Gasteiger partial charge on any atom is 0.321 e. The number of aromatic nitrogens is 8. The van der Waals surface area contributed by atoms with Crippen LogP contribution in [-0.4, -0.2) is 146 Å². The molecule has 9 rings (SSSR count). The summed E-state index contributed by atoms with van der Waals surface area (Å²) in [6.45, 7) is 12.3. The Labute approximate surface area is 461 Å². The highest BCUT2D eigenvalue weighted by atomic mass is 32.2. The normalized spacial score (nSPS) is 15.0. The number of ether oxygens (including phenoxy) is 2. The van der Waals surface area contributed by atoms with Crippen LogP contribution in [-0.2, 0) is 50.0 Å². The summed E-state index contributed by atoms with van der Waals surface area (Å²) in [5, 5.41) is 18.5. The molecule has 0 aliphatic carbocycles. The number of likely N-dealkylation sites (tertiary alicyclic amines) is 2. The van der Waals surface area contributed by atoms with Crippen LogP contribution in [0.15, 0.2) is 48.7 Å². The smallest absolute Gasteiger partial charge is 0.321 e. The molecule has 2 fully saturated rings. The van der Waals surface area contributed by atoms with Crippen LogP contribution in [0.3, 0.4) is 0 Å². The van der Waals surface area contributed by atoms with Crippen molar-refractivity contribution in [2.45, 2.75) is 91.2 Å². The first-order valence-electron chi connectivity index (χ1n) is 25.5. The number of imidazole rings is 1. The standard InChI is InChI=1S/C52H59N13O9S2.CH3NO/c1-7-35-45(76-29(5)56-35)49(69)59-52-57-36-20-31(46(54)68)21-38(73-6)44(36)64(52)14-10-9-13-63-43-32(33-23-55-47(58-48(33)63)37-19-28(4)60-65(37)8-2)17-27(3)18-39(43)74-16-12-30-24-61(25-30)41(66)11-15-62-42(67)22-40(50(62)70)75-26-34(53)51(71)72;2-1-3/h9-10,17-21,23,30,34,40H,7-8,11-16,22,24-26,53H2,1-6H3,(H2,54,68)(H,71,72)(H,57,59,69);1H,(H2,2,3)/b10-9+;. The number of aliphatic carboxylic acids is 1. The monoisotopic (exact) mass is 1120 g/mol. The predicted molar refractivity (Wildman–Crippen MR) is 298 cm³/mol. The molecule has 2 aliphatic rings. The second-order valence-corrected chi connectivity index (χ2v) is 21.4. The van der Waals surface area contributed by atoms with Gasteiger partial charge in [0, 0.05) is 80.4 Å². The summed E-state index contributed by atoms with van der Waals surface area (Å²) in [7, 11) is 1.49. The van der Waals surface area contributed by atoms with E-state index in [1.165, 1.54) is 18.4 Å². The molecule has 7 heterocycles. The first-order chi connectivity index (χ1) is 37.9. The first-order valence-corrected chi connectivity index (χ1v) is 27.4. The zero-order valence-electron chi connectivity index (χ0n) is 44.6. The van der Waals surface area contributed by atoms with Crippen LogP contribution in [0.1, 0.15) is 75.1 Å². The number of nitrogens with one attached hydrogen (secondary N) is 1. The maximum atomic E-state index is 13.8. The molecule has 79 heavy (non-hydrogen) atoms. The number of fused-ring (bicyclic) bond motifs is 4. The SMILES string of the molecule is CCc1nc(C)sc1C(=O)Nc1nc2cc(C(N)=O)cc(OC)c2n1C/C=C/Cn1c2nc(-c3cc(C)nn3CC)ncc2c2cc(C)cc(OCCC3CN(C(=O)CCN4C(=O)CC(SCC(N)C(=O)O)C4=O)C3)c21.NC=O. The molecule has 2 aliphatic heterocycles. The Morgan fingerprint density at radius 2 is 1.71 bits per heavy atom. The van der Waals surface area contributed by atoms with Crippen molar-refractivity contribution in [1.82, 2.24) is 48.7 Å². The Balaban J connectivity index is 0.00000268. The number of allylic oxidation sites excluding steroid dienone is 2. The quantitative estimate of drug-likeness (QED) is 0.0357. The Bertz CT molecular complexity index is 3540. The lowest BCUT2D eigenvalue weighted by molar-refractivity contribution is -0.142. The molecule has 7 aromatic rings. The molecule has 2 unspecified atom stereocenters. The van der Waals surface area contributed by atoms with Gasteiger partial charge < -0.3 is 45.8 Å². The number of carbonyl (C=O) groups excluding carboxylic acids is 6. The third-order valence-corrected chi connectivity index (χ3v) is 15.8. The van der Waals surface area contributed by atoms with E-state index in [2.05, 4.69) is 31.8 Å². The van der Waals surface area contributed by atoms with Crippen molar-refractivity contribution in [1.29, 1.82) is 0 Å². The molecular weight excluding hydrogens is 1060 g/mol. The largest absolute Gasteiger partial charge is 0.494 e. The van der Waals surface area contributed by atoms with E-state index in [4.69, 9.17) is 45.8 Å². The van der Waals surface area contributed by atoms with Gasteiger partial charge in [-0.3, -0.25) is 48.5 Å². The number of amides is 6. The molecule has 0 radical (unpaired) electrons. The summed E-state index contributed by atoms with van der Waals surface area (Å²) < 4.78 is 18.2. The number of primary amides is 2. The topological polar surface area (TPSA) is 334 Å². The molecule has 0 spiro atoms. The number of aryl methyl sites for hydroxylation is 5. The van der Waals surface area contributed by atoms with Gasteiger partial charge in [0.05, 0.1) is 46.4 Å². The second-order valence-electron chi connectivity index (χ2n) is 19.0. The lowest BCUT2D eigenvalue weighted by Crippen LogP contribution is -2.51. The summed E-state index contributed by atoms with van der Waals surface area (Å²) in [4.78, 5) is 107. The van der Waals surface area contributed by atoms with Gasteiger partial charge in [-0.2, -0.15) is 5.10 Å². The van der Waals surface area contributed by atoms with Gasteiger partial charge in [0.15, 0.2) is 5.82 Å². The number of anilines is 1. The fraction of sp³-hybridized carbons (Fsp3) is 0.396. The van der Waals surface area contributed by atoms with Crippen molar-refractivity contribution in [2.24, 2.45) is 23.1 Å². The Morgan fingerprint density at radius 1 is 0.975 bits per heavy atom. The molecule has 26 heteroatoms. The van der Waals surface area contributed by atoms with Crippen LogP contribution in [0.5, 0.6) is 11.5 Å². The van der Waals surface area contributed by atoms with Gasteiger partial charge in [-0.05, 0) is 82.3 Å². The van der Waals surface area contributed by atoms with E-state index >= 15 is 0 Å². The Hall–Kier alpha value is -8.23. The molecular formula is C53H62N14O10S2. The lowest BCUT2D eigenvalue weighted by Gasteiger charge is -2.39. The van der Waals surface area contributed by atoms with E-state index in [0.29, 0.717) is 90.2 Å². The van der Waals surface area contributed by atoms with E-state index in [0.717, 1.165) is 54.9 Å². The number of thioether (sulfide) groups is 1. The molecule has 416 valence electrons. The molecule has 6 amide bonds. The molecule has 2 aromatic carbocycles. The Morgan fingerprint density at radius 3 is 2.39 bits per heavy atom. The number of hydrogen-bond donors (Lipinski definition) is 5. The number of rotatable bonds is 22. The zero-order chi connectivity index (χ0) is 56.8. The van der Waals surface area contributed by atoms with E-state index in [1.54, 1.807) is 17.0 Å². The minimum atomic E-state index is -1.18. The highest BCUT2D eigenvalue weighted by Gasteiger charge is 2.40. The highest BCUT2D eigenvalue weighted by molar-refractivity contribution is 8.00. The van der Waals surface area contributed by atoms with Crippen molar-refractivity contribution >= 4 is 104 Å². The number of carboxylic acid groups (broad SMARTS) is 1. The molecule has 2 saturated heterocycles. The van der Waals surface area contributed by atoms with Gasteiger partial charge in [0.2, 0.25) is 36.0 Å². The number of nitrogens with zero attached hydrogens (tertiary/aromatic N) is 10. The van der Waals surface area contributed by atoms with Crippen molar-refractivity contribution in [3.8, 4) is 23.0 Å². The number of carbonyl (C=O) groups is 7. The van der Waals surface area contributed by atoms with Crippen LogP contribution in [0.25, 0.3) is 44.5 Å². The zero-order valence-corrected chi connectivity index (χ0v) is 46.2. The molecule has 5 aromatic heterocycles. The van der Waals surface area contributed by atoms with E-state index in [1.807, 2.05) is 74.3 Å². The summed E-state index contributed by atoms with van der Waals surface area (Å²) in [5.41, 5.74) is 21.4. The van der Waals surface area contributed by atoms with Gasteiger partial charge in [0.1, 0.15) is 39.3 Å². The van der Waals surface area contributed by atoms with E-state index in [-0.39, 0.29) is 73.2 Å². The van der Waals surface area contributed by atoms with Gasteiger partial charge in [-0.25, -0.2) is 19.9 Å². The number of benzene rings is 2. The second kappa shape index (κ2) is 24.6. The predicted octanol–water partition coefficient (Wildman–Crippen LogP) is 4.37. The molecule has 24 nitrogen and oxygen atoms in total. The average Bonchev–Trinajstić information content (AvgIpc) is 4.42. The number of methoxy groups -OCH3 is 1. The van der Waals surface area contributed by atoms with Crippen LogP contribution >= 0.6 is 23.1 Å². The molecule has 0 bridgehead atoms. The number of imide groups is 1. The lowest BCUT2D eigenvalue weighted by atomic mass is 9.96. The maximum absolute atomic E-state index is 13.8. The molecule has 8 N–H and O–H groups in total. The summed E-state index contributed by atoms with van der Waals surface area (Å²) in [6, 6.07) is 8.04. The first kappa shape index (κ1) is 57.0. The van der Waals surface area contributed by atoms with Crippen molar-refractivity contribution in [2.75, 3.05) is 44.4 Å². The van der Waals surface area contributed by atoms with Crippen LogP contribution in [0.4, 0.5) is 5.95 Å². The van der Waals surface area contributed by atoms with E-state index < -0.39 is 29.1 Å². The third kappa shape index (κ3) is 12.2. The Kier molecular flexibility index (Phi) is 17.8. The summed E-state index contributed by atoms with van der Waals surface area (Å²) in [6.07, 6.45) is 7.22. The van der Waals surface area contributed by atoms with Gasteiger partial charge in [-0.15, -0.1) is 23.1 Å². The van der Waals surface area contributed by atoms with Gasteiger partial charge >= 0.3 is 5.97 Å². The van der Waals surface area contributed by atoms with Crippen molar-refractivity contribution in [3.05, 3.63) is 81.1 Å². The highest BCUT2D eigenvalue weighted by Crippen LogP contribution is 2.38. The number of nitrogens with two attached hydrogens (primary N) is 3. The van der Waals surface area contributed by atoms with Crippen molar-refractivity contribution in [3.63, 3.8) is 0 Å². The number of hydrogen-bond acceptors (Lipinski definition) is 17.